The van der Waals surface area contributed by atoms with Gasteiger partial charge in [-0.25, -0.2) is 20.0 Å². The quantitative estimate of drug-likeness (QED) is 0.732. The van der Waals surface area contributed by atoms with Crippen molar-refractivity contribution in [1.82, 2.24) is 10.0 Å². The Labute approximate surface area is 163 Å². The van der Waals surface area contributed by atoms with Crippen molar-refractivity contribution < 1.29 is 0 Å². The normalized spacial score (nSPS) is 21.6. The number of hydrogen-bond acceptors (Lipinski definition) is 6. The molecule has 6 heteroatoms. The first kappa shape index (κ1) is 17.5. The summed E-state index contributed by atoms with van der Waals surface area (Å²) in [5.74, 6) is 1.98. The Morgan fingerprint density at radius 1 is 0.692 bits per heavy atom. The Balaban J connectivity index is 1.77. The molecule has 2 atom stereocenters. The molecule has 0 saturated carbocycles. The Bertz CT molecular complexity index is 738. The predicted octanol–water partition coefficient (Wildman–Crippen LogP) is 5.15. The van der Waals surface area contributed by atoms with Gasteiger partial charge in [-0.3, -0.25) is 0 Å². The minimum Gasteiger partial charge on any atom is -0.229 e. The molecule has 0 radical (unpaired) electrons. The van der Waals surface area contributed by atoms with E-state index in [1.165, 1.54) is 11.1 Å². The van der Waals surface area contributed by atoms with Crippen LogP contribution in [0.4, 0.5) is 0 Å². The molecule has 2 aliphatic rings. The van der Waals surface area contributed by atoms with Crippen molar-refractivity contribution in [3.05, 3.63) is 71.8 Å². The van der Waals surface area contributed by atoms with Gasteiger partial charge in [-0.15, -0.1) is 0 Å². The maximum atomic E-state index is 5.08. The molecule has 4 rings (SSSR count). The summed E-state index contributed by atoms with van der Waals surface area (Å²) >= 11 is 3.57. The molecular formula is C20H22N4S2. The number of hydrazine groups is 1. The molecule has 0 spiro atoms. The van der Waals surface area contributed by atoms with Gasteiger partial charge in [0.15, 0.2) is 22.7 Å². The summed E-state index contributed by atoms with van der Waals surface area (Å²) in [5.41, 5.74) is 2.39. The number of aliphatic imine (C=N–C) groups is 2. The second-order valence-electron chi connectivity index (χ2n) is 5.95. The van der Waals surface area contributed by atoms with E-state index >= 15 is 0 Å². The summed E-state index contributed by atoms with van der Waals surface area (Å²) in [6.07, 6.45) is -0.0893. The van der Waals surface area contributed by atoms with Gasteiger partial charge in [0.2, 0.25) is 0 Å². The Hall–Kier alpha value is -1.92. The van der Waals surface area contributed by atoms with Gasteiger partial charge in [0, 0.05) is 0 Å². The maximum Gasteiger partial charge on any atom is 0.183 e. The number of hydrogen-bond donors (Lipinski definition) is 0. The molecule has 134 valence electrons. The minimum absolute atomic E-state index is 0.0447. The largest absolute Gasteiger partial charge is 0.229 e. The molecule has 2 heterocycles. The van der Waals surface area contributed by atoms with E-state index < -0.39 is 0 Å². The van der Waals surface area contributed by atoms with Gasteiger partial charge in [-0.05, 0) is 22.6 Å². The van der Waals surface area contributed by atoms with E-state index in [9.17, 15) is 0 Å². The molecule has 0 saturated heterocycles. The van der Waals surface area contributed by atoms with Crippen LogP contribution in [0.2, 0.25) is 0 Å². The highest BCUT2D eigenvalue weighted by Gasteiger charge is 2.46. The first-order valence-corrected chi connectivity index (χ1v) is 10.9. The summed E-state index contributed by atoms with van der Waals surface area (Å²) in [7, 11) is 0. The summed E-state index contributed by atoms with van der Waals surface area (Å²) in [4.78, 5) is 10.2. The topological polar surface area (TPSA) is 31.2 Å². The molecule has 2 aliphatic heterocycles. The van der Waals surface area contributed by atoms with Crippen molar-refractivity contribution in [1.29, 1.82) is 0 Å². The van der Waals surface area contributed by atoms with Crippen LogP contribution in [0.1, 0.15) is 37.3 Å². The first-order chi connectivity index (χ1) is 12.8. The lowest BCUT2D eigenvalue weighted by Crippen LogP contribution is -2.40. The first-order valence-electron chi connectivity index (χ1n) is 8.93. The van der Waals surface area contributed by atoms with E-state index in [0.29, 0.717) is 0 Å². The molecule has 0 aliphatic carbocycles. The van der Waals surface area contributed by atoms with Gasteiger partial charge in [0.1, 0.15) is 0 Å². The molecule has 0 aromatic heterocycles. The van der Waals surface area contributed by atoms with Crippen LogP contribution in [0.25, 0.3) is 0 Å². The zero-order valence-electron chi connectivity index (χ0n) is 14.9. The van der Waals surface area contributed by atoms with Crippen LogP contribution >= 0.6 is 23.5 Å². The smallest absolute Gasteiger partial charge is 0.183 e. The van der Waals surface area contributed by atoms with E-state index in [1.54, 1.807) is 23.5 Å². The standard InChI is InChI=1S/C20H22N4S2/c1-3-25-19-21-17(15-11-7-5-8-12-15)24-20(26-4-2)22-18(23(19)24)16-13-9-6-10-14-16/h5-14,17-18H,3-4H2,1-2H3/t17-,18-/m1/s1. The number of rotatable bonds is 4. The fourth-order valence-corrected chi connectivity index (χ4v) is 4.72. The van der Waals surface area contributed by atoms with Gasteiger partial charge < -0.3 is 0 Å². The summed E-state index contributed by atoms with van der Waals surface area (Å²) in [6.45, 7) is 4.34. The van der Waals surface area contributed by atoms with Gasteiger partial charge in [-0.2, -0.15) is 0 Å². The fourth-order valence-electron chi connectivity index (χ4n) is 3.21. The van der Waals surface area contributed by atoms with Crippen LogP contribution in [0.3, 0.4) is 0 Å². The van der Waals surface area contributed by atoms with Crippen LogP contribution in [-0.2, 0) is 0 Å². The maximum absolute atomic E-state index is 5.08. The molecule has 26 heavy (non-hydrogen) atoms. The van der Waals surface area contributed by atoms with Crippen LogP contribution in [0, 0.1) is 0 Å². The fraction of sp³-hybridized carbons (Fsp3) is 0.300. The van der Waals surface area contributed by atoms with Crippen LogP contribution < -0.4 is 0 Å². The Morgan fingerprint density at radius 2 is 1.08 bits per heavy atom. The lowest BCUT2D eigenvalue weighted by Gasteiger charge is -2.31. The number of amidine groups is 2. The van der Waals surface area contributed by atoms with Gasteiger partial charge in [0.05, 0.1) is 0 Å². The number of benzene rings is 2. The minimum atomic E-state index is -0.0447. The zero-order valence-corrected chi connectivity index (χ0v) is 16.6. The van der Waals surface area contributed by atoms with E-state index in [4.69, 9.17) is 9.98 Å². The molecule has 0 bridgehead atoms. The summed E-state index contributed by atoms with van der Waals surface area (Å²) in [5, 5.41) is 6.65. The molecule has 0 N–H and O–H groups in total. The monoisotopic (exact) mass is 382 g/mol. The predicted molar refractivity (Wildman–Crippen MR) is 113 cm³/mol. The van der Waals surface area contributed by atoms with E-state index in [2.05, 4.69) is 72.4 Å². The van der Waals surface area contributed by atoms with E-state index in [0.717, 1.165) is 21.8 Å². The lowest BCUT2D eigenvalue weighted by molar-refractivity contribution is 0.105. The van der Waals surface area contributed by atoms with Crippen molar-refractivity contribution in [3.63, 3.8) is 0 Å². The average Bonchev–Trinajstić information content (AvgIpc) is 3.24. The third-order valence-corrected chi connectivity index (χ3v) is 5.97. The third kappa shape index (κ3) is 3.12. The van der Waals surface area contributed by atoms with Crippen LogP contribution in [0.15, 0.2) is 70.6 Å². The third-order valence-electron chi connectivity index (χ3n) is 4.30. The van der Waals surface area contributed by atoms with E-state index in [1.807, 2.05) is 12.1 Å². The lowest BCUT2D eigenvalue weighted by atomic mass is 10.2. The van der Waals surface area contributed by atoms with Crippen LogP contribution in [-0.4, -0.2) is 31.9 Å². The Morgan fingerprint density at radius 3 is 1.42 bits per heavy atom. The molecule has 0 amide bonds. The van der Waals surface area contributed by atoms with Crippen LogP contribution in [0.5, 0.6) is 0 Å². The Kier molecular flexibility index (Phi) is 5.22. The molecule has 2 aromatic carbocycles. The van der Waals surface area contributed by atoms with Gasteiger partial charge in [0.25, 0.3) is 0 Å². The van der Waals surface area contributed by atoms with Gasteiger partial charge >= 0.3 is 0 Å². The second-order valence-corrected chi connectivity index (χ2v) is 8.41. The average molecular weight is 383 g/mol. The van der Waals surface area contributed by atoms with Crippen molar-refractivity contribution in [2.24, 2.45) is 9.98 Å². The number of fused-ring (bicyclic) bond motifs is 1. The number of thioether (sulfide) groups is 2. The van der Waals surface area contributed by atoms with Crippen molar-refractivity contribution in [2.75, 3.05) is 11.5 Å². The van der Waals surface area contributed by atoms with E-state index in [-0.39, 0.29) is 12.3 Å². The SMILES string of the molecule is CCSC1=N[C@@H](c2ccccc2)N2C(SCC)=N[C@@H](c3ccccc3)N12. The summed E-state index contributed by atoms with van der Waals surface area (Å²) in [6, 6.07) is 21.0. The zero-order chi connectivity index (χ0) is 17.9. The highest BCUT2D eigenvalue weighted by molar-refractivity contribution is 8.14. The summed E-state index contributed by atoms with van der Waals surface area (Å²) < 4.78 is 0. The molecule has 2 aromatic rings. The molecule has 0 fully saturated rings. The van der Waals surface area contributed by atoms with Crippen molar-refractivity contribution in [3.8, 4) is 0 Å². The highest BCUT2D eigenvalue weighted by Crippen LogP contribution is 2.45. The highest BCUT2D eigenvalue weighted by atomic mass is 32.2. The molecule has 4 nitrogen and oxygen atoms in total. The number of nitrogens with zero attached hydrogens (tertiary/aromatic N) is 4. The van der Waals surface area contributed by atoms with Crippen molar-refractivity contribution in [2.45, 2.75) is 26.2 Å². The van der Waals surface area contributed by atoms with Gasteiger partial charge in [-0.1, -0.05) is 98.0 Å². The molecular weight excluding hydrogens is 360 g/mol. The molecule has 0 unspecified atom stereocenters. The second kappa shape index (κ2) is 7.76. The van der Waals surface area contributed by atoms with Crippen molar-refractivity contribution >= 4 is 33.9 Å².